The van der Waals surface area contributed by atoms with Gasteiger partial charge in [0.05, 0.1) is 12.3 Å². The molecule has 5 heteroatoms. The number of hydrogen-bond donors (Lipinski definition) is 1. The van der Waals surface area contributed by atoms with Gasteiger partial charge in [0.1, 0.15) is 0 Å². The summed E-state index contributed by atoms with van der Waals surface area (Å²) in [5.74, 6) is 0.597. The SMILES string of the molecule is CCC(C)(C)NCc1cn(CC2CCOC2)nn1. The third-order valence-corrected chi connectivity index (χ3v) is 3.69. The smallest absolute Gasteiger partial charge is 0.0965 e. The highest BCUT2D eigenvalue weighted by molar-refractivity contribution is 4.93. The fourth-order valence-electron chi connectivity index (χ4n) is 1.96. The van der Waals surface area contributed by atoms with E-state index in [4.69, 9.17) is 4.74 Å². The Bertz CT molecular complexity index is 369. The van der Waals surface area contributed by atoms with Crippen molar-refractivity contribution < 1.29 is 4.74 Å². The highest BCUT2D eigenvalue weighted by atomic mass is 16.5. The van der Waals surface area contributed by atoms with Gasteiger partial charge in [0.15, 0.2) is 0 Å². The van der Waals surface area contributed by atoms with Gasteiger partial charge in [0.2, 0.25) is 0 Å². The van der Waals surface area contributed by atoms with Crippen molar-refractivity contribution >= 4 is 0 Å². The summed E-state index contributed by atoms with van der Waals surface area (Å²) in [7, 11) is 0. The summed E-state index contributed by atoms with van der Waals surface area (Å²) in [5.41, 5.74) is 1.17. The molecule has 0 saturated carbocycles. The standard InChI is InChI=1S/C13H24N4O/c1-4-13(2,3)14-7-12-9-17(16-15-12)8-11-5-6-18-10-11/h9,11,14H,4-8,10H2,1-3H3. The molecular weight excluding hydrogens is 228 g/mol. The number of ether oxygens (including phenoxy) is 1. The zero-order valence-corrected chi connectivity index (χ0v) is 11.6. The molecule has 1 unspecified atom stereocenters. The molecule has 1 atom stereocenters. The van der Waals surface area contributed by atoms with Crippen LogP contribution in [0.2, 0.25) is 0 Å². The molecule has 0 bridgehead atoms. The van der Waals surface area contributed by atoms with Gasteiger partial charge in [-0.25, -0.2) is 0 Å². The lowest BCUT2D eigenvalue weighted by molar-refractivity contribution is 0.181. The van der Waals surface area contributed by atoms with Crippen molar-refractivity contribution in [2.45, 2.75) is 52.2 Å². The maximum Gasteiger partial charge on any atom is 0.0965 e. The summed E-state index contributed by atoms with van der Waals surface area (Å²) in [6.07, 6.45) is 4.27. The van der Waals surface area contributed by atoms with Crippen molar-refractivity contribution in [2.75, 3.05) is 13.2 Å². The molecule has 1 aliphatic heterocycles. The second-order valence-corrected chi connectivity index (χ2v) is 5.75. The normalized spacial score (nSPS) is 20.5. The average molecular weight is 252 g/mol. The Hall–Kier alpha value is -0.940. The average Bonchev–Trinajstić information content (AvgIpc) is 2.99. The van der Waals surface area contributed by atoms with E-state index in [0.29, 0.717) is 5.92 Å². The molecule has 0 aliphatic carbocycles. The van der Waals surface area contributed by atoms with E-state index in [0.717, 1.165) is 44.8 Å². The number of nitrogens with zero attached hydrogens (tertiary/aromatic N) is 3. The largest absolute Gasteiger partial charge is 0.381 e. The molecule has 1 aromatic rings. The van der Waals surface area contributed by atoms with Crippen LogP contribution in [-0.2, 0) is 17.8 Å². The predicted octanol–water partition coefficient (Wildman–Crippen LogP) is 1.59. The molecular formula is C13H24N4O. The van der Waals surface area contributed by atoms with Crippen molar-refractivity contribution in [3.63, 3.8) is 0 Å². The van der Waals surface area contributed by atoms with Crippen LogP contribution in [0.3, 0.4) is 0 Å². The molecule has 0 spiro atoms. The van der Waals surface area contributed by atoms with E-state index in [-0.39, 0.29) is 5.54 Å². The van der Waals surface area contributed by atoms with Gasteiger partial charge in [-0.2, -0.15) is 0 Å². The maximum atomic E-state index is 5.37. The van der Waals surface area contributed by atoms with E-state index in [1.807, 2.05) is 10.9 Å². The van der Waals surface area contributed by atoms with Crippen LogP contribution in [0.15, 0.2) is 6.20 Å². The van der Waals surface area contributed by atoms with E-state index in [1.54, 1.807) is 0 Å². The van der Waals surface area contributed by atoms with Crippen LogP contribution in [0.4, 0.5) is 0 Å². The van der Waals surface area contributed by atoms with E-state index in [9.17, 15) is 0 Å². The van der Waals surface area contributed by atoms with Gasteiger partial charge >= 0.3 is 0 Å². The Labute approximate surface area is 109 Å². The van der Waals surface area contributed by atoms with Crippen molar-refractivity contribution in [1.82, 2.24) is 20.3 Å². The van der Waals surface area contributed by atoms with Crippen molar-refractivity contribution in [3.8, 4) is 0 Å². The van der Waals surface area contributed by atoms with Crippen molar-refractivity contribution in [2.24, 2.45) is 5.92 Å². The maximum absolute atomic E-state index is 5.37. The lowest BCUT2D eigenvalue weighted by Crippen LogP contribution is -2.37. The van der Waals surface area contributed by atoms with Gasteiger partial charge in [-0.15, -0.1) is 5.10 Å². The fraction of sp³-hybridized carbons (Fsp3) is 0.846. The Morgan fingerprint density at radius 3 is 3.06 bits per heavy atom. The summed E-state index contributed by atoms with van der Waals surface area (Å²) in [5, 5.41) is 11.9. The zero-order valence-electron chi connectivity index (χ0n) is 11.6. The monoisotopic (exact) mass is 252 g/mol. The molecule has 1 saturated heterocycles. The predicted molar refractivity (Wildman–Crippen MR) is 70.2 cm³/mol. The third kappa shape index (κ3) is 3.78. The minimum absolute atomic E-state index is 0.156. The van der Waals surface area contributed by atoms with Crippen LogP contribution in [0.5, 0.6) is 0 Å². The number of hydrogen-bond acceptors (Lipinski definition) is 4. The second-order valence-electron chi connectivity index (χ2n) is 5.75. The Morgan fingerprint density at radius 2 is 2.39 bits per heavy atom. The van der Waals surface area contributed by atoms with Gasteiger partial charge < -0.3 is 10.1 Å². The van der Waals surface area contributed by atoms with Crippen molar-refractivity contribution in [3.05, 3.63) is 11.9 Å². The third-order valence-electron chi connectivity index (χ3n) is 3.69. The molecule has 0 aromatic carbocycles. The van der Waals surface area contributed by atoms with Crippen LogP contribution in [-0.4, -0.2) is 33.7 Å². The van der Waals surface area contributed by atoms with Crippen LogP contribution in [0.25, 0.3) is 0 Å². The quantitative estimate of drug-likeness (QED) is 0.835. The fourth-order valence-corrected chi connectivity index (χ4v) is 1.96. The van der Waals surface area contributed by atoms with E-state index >= 15 is 0 Å². The van der Waals surface area contributed by atoms with E-state index in [2.05, 4.69) is 36.4 Å². The van der Waals surface area contributed by atoms with Crippen LogP contribution < -0.4 is 5.32 Å². The molecule has 2 heterocycles. The molecule has 1 N–H and O–H groups in total. The molecule has 2 rings (SSSR count). The van der Waals surface area contributed by atoms with Crippen LogP contribution in [0.1, 0.15) is 39.3 Å². The number of aromatic nitrogens is 3. The lowest BCUT2D eigenvalue weighted by atomic mass is 10.0. The summed E-state index contributed by atoms with van der Waals surface area (Å²) in [6.45, 7) is 10.0. The first-order chi connectivity index (χ1) is 8.59. The van der Waals surface area contributed by atoms with Gasteiger partial charge in [0.25, 0.3) is 0 Å². The van der Waals surface area contributed by atoms with Gasteiger partial charge in [-0.3, -0.25) is 4.68 Å². The minimum Gasteiger partial charge on any atom is -0.381 e. The first-order valence-electron chi connectivity index (χ1n) is 6.81. The summed E-state index contributed by atoms with van der Waals surface area (Å²) in [6, 6.07) is 0. The molecule has 102 valence electrons. The zero-order chi connectivity index (χ0) is 13.0. The Balaban J connectivity index is 1.82. The summed E-state index contributed by atoms with van der Waals surface area (Å²) >= 11 is 0. The first kappa shape index (κ1) is 13.5. The van der Waals surface area contributed by atoms with Gasteiger partial charge in [-0.1, -0.05) is 12.1 Å². The molecule has 1 aliphatic rings. The van der Waals surface area contributed by atoms with Gasteiger partial charge in [-0.05, 0) is 26.7 Å². The molecule has 0 amide bonds. The molecule has 0 radical (unpaired) electrons. The topological polar surface area (TPSA) is 52.0 Å². The summed E-state index contributed by atoms with van der Waals surface area (Å²) < 4.78 is 7.31. The summed E-state index contributed by atoms with van der Waals surface area (Å²) in [4.78, 5) is 0. The van der Waals surface area contributed by atoms with Gasteiger partial charge in [0, 0.05) is 37.4 Å². The van der Waals surface area contributed by atoms with E-state index in [1.165, 1.54) is 0 Å². The molecule has 1 fully saturated rings. The van der Waals surface area contributed by atoms with Crippen LogP contribution in [0, 0.1) is 5.92 Å². The minimum atomic E-state index is 0.156. The Kier molecular flexibility index (Phi) is 4.35. The molecule has 5 nitrogen and oxygen atoms in total. The highest BCUT2D eigenvalue weighted by Gasteiger charge is 2.17. The van der Waals surface area contributed by atoms with Crippen molar-refractivity contribution in [1.29, 1.82) is 0 Å². The highest BCUT2D eigenvalue weighted by Crippen LogP contribution is 2.14. The lowest BCUT2D eigenvalue weighted by Gasteiger charge is -2.23. The molecule has 18 heavy (non-hydrogen) atoms. The Morgan fingerprint density at radius 1 is 1.56 bits per heavy atom. The number of nitrogens with one attached hydrogen (secondary N) is 1. The molecule has 1 aromatic heterocycles. The first-order valence-corrected chi connectivity index (χ1v) is 6.81. The van der Waals surface area contributed by atoms with Crippen LogP contribution >= 0.6 is 0 Å². The second kappa shape index (κ2) is 5.80. The van der Waals surface area contributed by atoms with E-state index < -0.39 is 0 Å². The number of rotatable bonds is 6.